The highest BCUT2D eigenvalue weighted by molar-refractivity contribution is 5.97. The summed E-state index contributed by atoms with van der Waals surface area (Å²) in [6, 6.07) is 5.96. The molecule has 4 atom stereocenters. The second kappa shape index (κ2) is 12.9. The lowest BCUT2D eigenvalue weighted by molar-refractivity contribution is 0.0356. The fourth-order valence-corrected chi connectivity index (χ4v) is 4.45. The van der Waals surface area contributed by atoms with Crippen molar-refractivity contribution in [2.75, 3.05) is 38.9 Å². The summed E-state index contributed by atoms with van der Waals surface area (Å²) >= 11 is 0. The maximum Gasteiger partial charge on any atom is 0.321 e. The van der Waals surface area contributed by atoms with Gasteiger partial charge in [-0.2, -0.15) is 0 Å². The second-order valence-electron chi connectivity index (χ2n) is 10.2. The third-order valence-corrected chi connectivity index (χ3v) is 6.89. The van der Waals surface area contributed by atoms with E-state index in [0.29, 0.717) is 35.7 Å². The summed E-state index contributed by atoms with van der Waals surface area (Å²) in [7, 11) is 1.66. The van der Waals surface area contributed by atoms with Gasteiger partial charge in [0.05, 0.1) is 19.2 Å². The molecule has 4 rings (SSSR count). The maximum atomic E-state index is 13.6. The Bertz CT molecular complexity index is 1290. The van der Waals surface area contributed by atoms with Gasteiger partial charge in [-0.05, 0) is 31.5 Å². The molecule has 214 valence electrons. The standard InChI is InChI=1S/C29H36N4O7/c1-5-6-22(35)9-7-20-11-23-27(30-13-20)40-26(18(2)14-33(28(23)36)19(3)16-34)15-32(4)29(37)31-21-8-10-24-25(12-21)39-17-38-24/h8,10-13,18-19,22,26,34-35H,5-6,14-17H2,1-4H3,(H,31,37)/t18-,19+,22?,26-/m0/s1. The highest BCUT2D eigenvalue weighted by Crippen LogP contribution is 2.34. The quantitative estimate of drug-likeness (QED) is 0.447. The molecular weight excluding hydrogens is 516 g/mol. The summed E-state index contributed by atoms with van der Waals surface area (Å²) < 4.78 is 17.0. The first-order chi connectivity index (χ1) is 19.2. The van der Waals surface area contributed by atoms with Crippen LogP contribution in [-0.4, -0.2) is 88.7 Å². The lowest BCUT2D eigenvalue weighted by Crippen LogP contribution is -2.50. The fraction of sp³-hybridized carbons (Fsp3) is 0.483. The van der Waals surface area contributed by atoms with E-state index < -0.39 is 18.2 Å². The molecule has 1 aromatic heterocycles. The molecule has 2 aliphatic heterocycles. The number of aliphatic hydroxyl groups excluding tert-OH is 2. The van der Waals surface area contributed by atoms with Crippen LogP contribution in [0.2, 0.25) is 0 Å². The van der Waals surface area contributed by atoms with Crippen LogP contribution in [0.5, 0.6) is 17.4 Å². The zero-order valence-electron chi connectivity index (χ0n) is 23.2. The van der Waals surface area contributed by atoms with Crippen LogP contribution in [0.4, 0.5) is 10.5 Å². The number of likely N-dealkylation sites (N-methyl/N-ethyl adjacent to an activating group) is 1. The number of rotatable bonds is 7. The maximum absolute atomic E-state index is 13.6. The highest BCUT2D eigenvalue weighted by Gasteiger charge is 2.34. The molecule has 11 heteroatoms. The van der Waals surface area contributed by atoms with Crippen molar-refractivity contribution in [3.8, 4) is 29.2 Å². The minimum absolute atomic E-state index is 0.126. The molecule has 40 heavy (non-hydrogen) atoms. The van der Waals surface area contributed by atoms with E-state index >= 15 is 0 Å². The zero-order chi connectivity index (χ0) is 28.8. The minimum Gasteiger partial charge on any atom is -0.472 e. The summed E-state index contributed by atoms with van der Waals surface area (Å²) in [6.45, 7) is 6.09. The Balaban J connectivity index is 1.55. The van der Waals surface area contributed by atoms with Crippen molar-refractivity contribution in [1.82, 2.24) is 14.8 Å². The van der Waals surface area contributed by atoms with Crippen LogP contribution in [0.3, 0.4) is 0 Å². The number of anilines is 1. The van der Waals surface area contributed by atoms with E-state index in [-0.39, 0.29) is 49.2 Å². The lowest BCUT2D eigenvalue weighted by Gasteiger charge is -2.37. The van der Waals surface area contributed by atoms with E-state index in [0.717, 1.165) is 6.42 Å². The molecule has 0 saturated carbocycles. The third-order valence-electron chi connectivity index (χ3n) is 6.89. The van der Waals surface area contributed by atoms with Crippen LogP contribution >= 0.6 is 0 Å². The average Bonchev–Trinajstić information content (AvgIpc) is 3.41. The smallest absolute Gasteiger partial charge is 0.321 e. The van der Waals surface area contributed by atoms with Crippen LogP contribution in [0.15, 0.2) is 30.5 Å². The highest BCUT2D eigenvalue weighted by atomic mass is 16.7. The number of nitrogens with zero attached hydrogens (tertiary/aromatic N) is 3. The van der Waals surface area contributed by atoms with Gasteiger partial charge in [0.2, 0.25) is 12.7 Å². The summed E-state index contributed by atoms with van der Waals surface area (Å²) in [6.07, 6.45) is 1.56. The number of aromatic nitrogens is 1. The molecule has 2 aliphatic rings. The van der Waals surface area contributed by atoms with Gasteiger partial charge in [-0.3, -0.25) is 4.79 Å². The Morgan fingerprint density at radius 1 is 1.30 bits per heavy atom. The average molecular weight is 553 g/mol. The molecule has 0 bridgehead atoms. The topological polar surface area (TPSA) is 134 Å². The summed E-state index contributed by atoms with van der Waals surface area (Å²) in [5.41, 5.74) is 1.24. The predicted molar refractivity (Wildman–Crippen MR) is 147 cm³/mol. The van der Waals surface area contributed by atoms with Crippen LogP contribution < -0.4 is 19.5 Å². The van der Waals surface area contributed by atoms with Crippen LogP contribution in [0.25, 0.3) is 0 Å². The molecule has 3 heterocycles. The number of hydrogen-bond acceptors (Lipinski definition) is 8. The van der Waals surface area contributed by atoms with Gasteiger partial charge in [0, 0.05) is 43.0 Å². The van der Waals surface area contributed by atoms with Gasteiger partial charge < -0.3 is 39.5 Å². The first-order valence-corrected chi connectivity index (χ1v) is 13.4. The molecule has 0 spiro atoms. The van der Waals surface area contributed by atoms with Gasteiger partial charge in [0.15, 0.2) is 11.5 Å². The Morgan fingerprint density at radius 3 is 2.83 bits per heavy atom. The number of carbonyl (C=O) groups is 2. The molecule has 0 fully saturated rings. The van der Waals surface area contributed by atoms with Crippen LogP contribution in [-0.2, 0) is 0 Å². The first kappa shape index (κ1) is 29.0. The Hall–Kier alpha value is -4.01. The summed E-state index contributed by atoms with van der Waals surface area (Å²) in [5.74, 6) is 6.44. The molecule has 1 aromatic carbocycles. The van der Waals surface area contributed by atoms with Crippen molar-refractivity contribution in [1.29, 1.82) is 0 Å². The van der Waals surface area contributed by atoms with E-state index in [1.165, 1.54) is 11.1 Å². The van der Waals surface area contributed by atoms with Crippen molar-refractivity contribution >= 4 is 17.6 Å². The van der Waals surface area contributed by atoms with E-state index in [4.69, 9.17) is 14.2 Å². The van der Waals surface area contributed by atoms with Gasteiger partial charge in [-0.1, -0.05) is 32.1 Å². The van der Waals surface area contributed by atoms with Crippen molar-refractivity contribution in [2.24, 2.45) is 5.92 Å². The fourth-order valence-electron chi connectivity index (χ4n) is 4.45. The van der Waals surface area contributed by atoms with Crippen LogP contribution in [0, 0.1) is 17.8 Å². The van der Waals surface area contributed by atoms with Gasteiger partial charge in [0.25, 0.3) is 5.91 Å². The number of urea groups is 1. The molecule has 0 saturated heterocycles. The predicted octanol–water partition coefficient (Wildman–Crippen LogP) is 2.71. The SMILES string of the molecule is CCCC(O)C#Cc1cnc2c(c1)C(=O)N([C@H](C)CO)C[C@H](C)[C@H](CN(C)C(=O)Nc1ccc3c(c1)OCO3)O2. The number of hydrogen-bond donors (Lipinski definition) is 3. The van der Waals surface area contributed by atoms with Crippen molar-refractivity contribution in [3.63, 3.8) is 0 Å². The molecule has 2 aromatic rings. The normalized spacial score (nSPS) is 19.2. The zero-order valence-corrected chi connectivity index (χ0v) is 23.2. The molecule has 11 nitrogen and oxygen atoms in total. The van der Waals surface area contributed by atoms with Crippen molar-refractivity contribution in [3.05, 3.63) is 41.6 Å². The number of nitrogens with one attached hydrogen (secondary N) is 1. The number of ether oxygens (including phenoxy) is 3. The number of carbonyl (C=O) groups excluding carboxylic acids is 2. The van der Waals surface area contributed by atoms with Gasteiger partial charge in [-0.15, -0.1) is 0 Å². The van der Waals surface area contributed by atoms with Crippen LogP contribution in [0.1, 0.15) is 49.5 Å². The molecule has 0 radical (unpaired) electrons. The summed E-state index contributed by atoms with van der Waals surface area (Å²) in [4.78, 5) is 34.1. The first-order valence-electron chi connectivity index (χ1n) is 13.4. The minimum atomic E-state index is -0.769. The van der Waals surface area contributed by atoms with Gasteiger partial charge >= 0.3 is 6.03 Å². The number of pyridine rings is 1. The van der Waals surface area contributed by atoms with Crippen molar-refractivity contribution < 1.29 is 34.0 Å². The van der Waals surface area contributed by atoms with E-state index in [1.54, 1.807) is 43.1 Å². The van der Waals surface area contributed by atoms with Gasteiger partial charge in [0.1, 0.15) is 17.8 Å². The molecule has 1 unspecified atom stereocenters. The number of aliphatic hydroxyl groups is 2. The summed E-state index contributed by atoms with van der Waals surface area (Å²) in [5, 5.41) is 22.7. The molecule has 0 aliphatic carbocycles. The van der Waals surface area contributed by atoms with Gasteiger partial charge in [-0.25, -0.2) is 9.78 Å². The number of benzene rings is 1. The molecule has 3 N–H and O–H groups in total. The Kier molecular flexibility index (Phi) is 9.34. The number of amides is 3. The number of fused-ring (bicyclic) bond motifs is 2. The largest absolute Gasteiger partial charge is 0.472 e. The molecular formula is C29H36N4O7. The molecule has 3 amide bonds. The Labute approximate surface area is 234 Å². The third kappa shape index (κ3) is 6.76. The second-order valence-corrected chi connectivity index (χ2v) is 10.2. The monoisotopic (exact) mass is 552 g/mol. The lowest BCUT2D eigenvalue weighted by atomic mass is 10.00. The van der Waals surface area contributed by atoms with E-state index in [2.05, 4.69) is 22.1 Å². The van der Waals surface area contributed by atoms with E-state index in [9.17, 15) is 19.8 Å². The van der Waals surface area contributed by atoms with Crippen molar-refractivity contribution in [2.45, 2.75) is 51.9 Å². The Morgan fingerprint density at radius 2 is 2.08 bits per heavy atom. The van der Waals surface area contributed by atoms with E-state index in [1.807, 2.05) is 13.8 Å².